The molecule has 1 saturated carbocycles. The van der Waals surface area contributed by atoms with Gasteiger partial charge in [-0.2, -0.15) is 0 Å². The molecule has 156 valence electrons. The minimum atomic E-state index is -2.62. The van der Waals surface area contributed by atoms with Crippen molar-refractivity contribution in [3.63, 3.8) is 0 Å². The Balaban J connectivity index is 2.08. The molecule has 0 spiro atoms. The molecular weight excluding hydrogens is 366 g/mol. The lowest BCUT2D eigenvalue weighted by molar-refractivity contribution is -0.0558. The van der Waals surface area contributed by atoms with E-state index in [1.807, 2.05) is 19.1 Å². The number of halogens is 2. The number of aliphatic hydroxyl groups excluding tert-OH is 1. The third-order valence-electron chi connectivity index (χ3n) is 5.61. The summed E-state index contributed by atoms with van der Waals surface area (Å²) >= 11 is 0. The van der Waals surface area contributed by atoms with Crippen molar-refractivity contribution in [2.75, 3.05) is 13.7 Å². The molecule has 2 rings (SSSR count). The number of aliphatic hydroxyl groups is 1. The molecule has 0 saturated heterocycles. The first-order valence-electron chi connectivity index (χ1n) is 9.90. The van der Waals surface area contributed by atoms with Crippen LogP contribution in [0.15, 0.2) is 12.1 Å². The summed E-state index contributed by atoms with van der Waals surface area (Å²) < 4.78 is 32.1. The normalized spacial score (nSPS) is 21.6. The molecule has 1 fully saturated rings. The van der Waals surface area contributed by atoms with E-state index in [0.717, 1.165) is 6.92 Å². The monoisotopic (exact) mass is 396 g/mol. The molecule has 1 aliphatic rings. The summed E-state index contributed by atoms with van der Waals surface area (Å²) in [6.07, 6.45) is 7.19. The molecule has 28 heavy (non-hydrogen) atoms. The van der Waals surface area contributed by atoms with Crippen molar-refractivity contribution in [3.8, 4) is 5.88 Å². The van der Waals surface area contributed by atoms with Gasteiger partial charge in [0.2, 0.25) is 11.8 Å². The fraction of sp³-hybridized carbons (Fsp3) is 0.667. The van der Waals surface area contributed by atoms with E-state index in [9.17, 15) is 18.7 Å². The van der Waals surface area contributed by atoms with Crippen molar-refractivity contribution < 1.29 is 23.4 Å². The van der Waals surface area contributed by atoms with Gasteiger partial charge in [0.05, 0.1) is 7.11 Å². The molecule has 1 N–H and O–H groups in total. The summed E-state index contributed by atoms with van der Waals surface area (Å²) in [5.41, 5.74) is 0.877. The smallest absolute Gasteiger partial charge is 0.248 e. The van der Waals surface area contributed by atoms with Crippen molar-refractivity contribution >= 4 is 11.9 Å². The van der Waals surface area contributed by atoms with Crippen LogP contribution in [-0.4, -0.2) is 40.7 Å². The molecule has 1 aliphatic carbocycles. The number of Topliss-reactive ketones (excluding diaryl/α,β-unsaturated/α-hetero) is 1. The van der Waals surface area contributed by atoms with Crippen LogP contribution in [0.1, 0.15) is 68.4 Å². The number of methoxy groups -OCH3 is 1. The zero-order chi connectivity index (χ0) is 20.7. The largest absolute Gasteiger partial charge is 0.479 e. The van der Waals surface area contributed by atoms with Crippen LogP contribution in [0.25, 0.3) is 6.08 Å². The maximum absolute atomic E-state index is 13.4. The molecule has 0 bridgehead atoms. The lowest BCUT2D eigenvalue weighted by Crippen LogP contribution is -2.28. The zero-order valence-corrected chi connectivity index (χ0v) is 16.8. The average molecular weight is 396 g/mol. The number of ketones is 1. The molecule has 0 radical (unpaired) electrons. The Morgan fingerprint density at radius 3 is 2.57 bits per heavy atom. The summed E-state index contributed by atoms with van der Waals surface area (Å²) in [4.78, 5) is 12.4. The number of hydrogen-bond acceptors (Lipinski definition) is 5. The van der Waals surface area contributed by atoms with Crippen LogP contribution in [0.4, 0.5) is 8.78 Å². The zero-order valence-electron chi connectivity index (χ0n) is 16.8. The molecule has 5 nitrogen and oxygen atoms in total. The van der Waals surface area contributed by atoms with E-state index in [4.69, 9.17) is 4.74 Å². The summed E-state index contributed by atoms with van der Waals surface area (Å²) in [6, 6.07) is 1.64. The summed E-state index contributed by atoms with van der Waals surface area (Å²) in [5.74, 6) is -2.90. The van der Waals surface area contributed by atoms with Crippen LogP contribution >= 0.6 is 0 Å². The first-order valence-corrected chi connectivity index (χ1v) is 9.90. The van der Waals surface area contributed by atoms with Gasteiger partial charge in [-0.05, 0) is 50.5 Å². The van der Waals surface area contributed by atoms with Gasteiger partial charge >= 0.3 is 0 Å². The maximum Gasteiger partial charge on any atom is 0.248 e. The van der Waals surface area contributed by atoms with E-state index in [0.29, 0.717) is 43.5 Å². The number of allylic oxidation sites excluding steroid dienone is 1. The van der Waals surface area contributed by atoms with E-state index in [1.54, 1.807) is 6.07 Å². The third kappa shape index (κ3) is 6.06. The van der Waals surface area contributed by atoms with Gasteiger partial charge in [-0.25, -0.2) is 8.78 Å². The molecule has 1 unspecified atom stereocenters. The van der Waals surface area contributed by atoms with Gasteiger partial charge in [-0.3, -0.25) is 4.79 Å². The third-order valence-corrected chi connectivity index (χ3v) is 5.61. The first-order chi connectivity index (χ1) is 13.3. The van der Waals surface area contributed by atoms with Gasteiger partial charge in [0.25, 0.3) is 0 Å². The average Bonchev–Trinajstić information content (AvgIpc) is 2.69. The van der Waals surface area contributed by atoms with E-state index in [1.165, 1.54) is 7.11 Å². The first kappa shape index (κ1) is 22.4. The van der Waals surface area contributed by atoms with Crippen LogP contribution in [0.3, 0.4) is 0 Å². The molecule has 1 aromatic heterocycles. The van der Waals surface area contributed by atoms with Crippen molar-refractivity contribution in [2.24, 2.45) is 17.8 Å². The number of nitrogens with zero attached hydrogens (tertiary/aromatic N) is 2. The Bertz CT molecular complexity index is 677. The molecule has 0 amide bonds. The standard InChI is InChI=1S/C21H30F2N2O3/c1-4-14(13-26)11-19(27)18-12-16(20(28-3)25-24-18)8-5-15-6-9-17(10-7-15)21(2,22)23/h5,8,12,14-15,17,26H,4,6-7,9-11,13H2,1-3H3/b8-5+. The highest BCUT2D eigenvalue weighted by Crippen LogP contribution is 2.39. The van der Waals surface area contributed by atoms with Crippen molar-refractivity contribution in [2.45, 2.75) is 58.3 Å². The Morgan fingerprint density at radius 1 is 1.36 bits per heavy atom. The number of alkyl halides is 2. The fourth-order valence-electron chi connectivity index (χ4n) is 3.57. The second kappa shape index (κ2) is 10.0. The van der Waals surface area contributed by atoms with Gasteiger partial charge < -0.3 is 9.84 Å². The van der Waals surface area contributed by atoms with E-state index in [-0.39, 0.29) is 36.3 Å². The van der Waals surface area contributed by atoms with Crippen molar-refractivity contribution in [3.05, 3.63) is 23.4 Å². The van der Waals surface area contributed by atoms with Gasteiger partial charge in [-0.1, -0.05) is 25.5 Å². The van der Waals surface area contributed by atoms with Gasteiger partial charge in [0.15, 0.2) is 5.78 Å². The molecule has 0 aliphatic heterocycles. The summed E-state index contributed by atoms with van der Waals surface area (Å²) in [7, 11) is 1.48. The van der Waals surface area contributed by atoms with Crippen molar-refractivity contribution in [1.29, 1.82) is 0 Å². The molecule has 7 heteroatoms. The second-order valence-corrected chi connectivity index (χ2v) is 7.71. The van der Waals surface area contributed by atoms with Gasteiger partial charge in [-0.15, -0.1) is 10.2 Å². The lowest BCUT2D eigenvalue weighted by atomic mass is 9.79. The number of aromatic nitrogens is 2. The predicted octanol–water partition coefficient (Wildman–Crippen LogP) is 4.55. The number of rotatable bonds is 9. The highest BCUT2D eigenvalue weighted by atomic mass is 19.3. The fourth-order valence-corrected chi connectivity index (χ4v) is 3.57. The van der Waals surface area contributed by atoms with E-state index < -0.39 is 11.8 Å². The van der Waals surface area contributed by atoms with Crippen LogP contribution in [-0.2, 0) is 0 Å². The van der Waals surface area contributed by atoms with Crippen LogP contribution in [0, 0.1) is 17.8 Å². The maximum atomic E-state index is 13.4. The highest BCUT2D eigenvalue weighted by molar-refractivity contribution is 5.94. The molecule has 1 heterocycles. The molecule has 1 aromatic rings. The minimum Gasteiger partial charge on any atom is -0.479 e. The lowest BCUT2D eigenvalue weighted by Gasteiger charge is -2.30. The Hall–Kier alpha value is -1.89. The summed E-state index contributed by atoms with van der Waals surface area (Å²) in [5, 5.41) is 17.2. The predicted molar refractivity (Wildman–Crippen MR) is 104 cm³/mol. The van der Waals surface area contributed by atoms with Crippen molar-refractivity contribution in [1.82, 2.24) is 10.2 Å². The van der Waals surface area contributed by atoms with Crippen LogP contribution in [0.2, 0.25) is 0 Å². The van der Waals surface area contributed by atoms with E-state index in [2.05, 4.69) is 10.2 Å². The number of hydrogen-bond donors (Lipinski definition) is 1. The highest BCUT2D eigenvalue weighted by Gasteiger charge is 2.36. The molecule has 0 aromatic carbocycles. The van der Waals surface area contributed by atoms with Gasteiger partial charge in [0.1, 0.15) is 5.69 Å². The molecular formula is C21H30F2N2O3. The van der Waals surface area contributed by atoms with Crippen LogP contribution in [0.5, 0.6) is 5.88 Å². The minimum absolute atomic E-state index is 0.0436. The number of carbonyl (C=O) groups is 1. The Labute approximate surface area is 165 Å². The topological polar surface area (TPSA) is 72.3 Å². The quantitative estimate of drug-likeness (QED) is 0.620. The second-order valence-electron chi connectivity index (χ2n) is 7.71. The Kier molecular flexibility index (Phi) is 8.04. The van der Waals surface area contributed by atoms with Crippen LogP contribution < -0.4 is 4.74 Å². The molecule has 1 atom stereocenters. The van der Waals surface area contributed by atoms with E-state index >= 15 is 0 Å². The SMILES string of the molecule is CCC(CO)CC(=O)c1cc(/C=C/C2CCC(C(C)(F)F)CC2)c(OC)nn1. The number of ether oxygens (including phenoxy) is 1. The summed E-state index contributed by atoms with van der Waals surface area (Å²) in [6.45, 7) is 2.88. The number of carbonyl (C=O) groups excluding carboxylic acids is 1. The van der Waals surface area contributed by atoms with Gasteiger partial charge in [0, 0.05) is 24.5 Å². The Morgan fingerprint density at radius 2 is 2.04 bits per heavy atom.